The van der Waals surface area contributed by atoms with Crippen molar-refractivity contribution in [2.24, 2.45) is 14.1 Å². The van der Waals surface area contributed by atoms with Crippen LogP contribution < -0.4 is 38.1 Å². The van der Waals surface area contributed by atoms with Crippen LogP contribution in [-0.4, -0.2) is 18.9 Å². The van der Waals surface area contributed by atoms with Crippen LogP contribution in [0.2, 0.25) is 0 Å². The molecule has 0 aliphatic carbocycles. The van der Waals surface area contributed by atoms with Gasteiger partial charge in [0.1, 0.15) is 5.69 Å². The van der Waals surface area contributed by atoms with Crippen molar-refractivity contribution in [1.82, 2.24) is 4.68 Å². The minimum atomic E-state index is 0. The Bertz CT molecular complexity index is 932. The van der Waals surface area contributed by atoms with Crippen molar-refractivity contribution in [1.29, 1.82) is 0 Å². The van der Waals surface area contributed by atoms with Gasteiger partial charge in [-0.1, -0.05) is 6.07 Å². The predicted octanol–water partition coefficient (Wildman–Crippen LogP) is 0.822. The number of hydrogen-bond donors (Lipinski definition) is 0. The fourth-order valence-corrected chi connectivity index (χ4v) is 3.08. The topological polar surface area (TPSA) is 27.3 Å². The van der Waals surface area contributed by atoms with Crippen LogP contribution in [0.25, 0.3) is 22.5 Å². The van der Waals surface area contributed by atoms with E-state index in [-0.39, 0.29) is 24.0 Å². The number of aromatic nitrogens is 2. The van der Waals surface area contributed by atoms with Crippen molar-refractivity contribution < 1.29 is 38.1 Å². The van der Waals surface area contributed by atoms with Crippen molar-refractivity contribution in [3.05, 3.63) is 53.6 Å². The molecule has 3 rings (SSSR count). The van der Waals surface area contributed by atoms with Crippen LogP contribution in [0, 0.1) is 13.8 Å². The van der Waals surface area contributed by atoms with Gasteiger partial charge in [-0.05, 0) is 55.3 Å². The Hall–Kier alpha value is -2.02. The Morgan fingerprint density at radius 3 is 2.08 bits per heavy atom. The molecule has 0 aliphatic heterocycles. The molecule has 1 aromatic heterocycles. The summed E-state index contributed by atoms with van der Waals surface area (Å²) in [7, 11) is 7.45. The number of ether oxygens (including phenoxy) is 2. The monoisotopic (exact) mass is 464 g/mol. The Morgan fingerprint density at radius 1 is 0.808 bits per heavy atom. The molecule has 0 saturated carbocycles. The maximum absolute atomic E-state index is 5.45. The fourth-order valence-electron chi connectivity index (χ4n) is 3.08. The molecule has 0 atom stereocenters. The summed E-state index contributed by atoms with van der Waals surface area (Å²) in [6.45, 7) is 4.29. The third-order valence-electron chi connectivity index (χ3n) is 4.90. The van der Waals surface area contributed by atoms with E-state index in [0.29, 0.717) is 0 Å². The van der Waals surface area contributed by atoms with Gasteiger partial charge >= 0.3 is 0 Å². The maximum Gasteiger partial charge on any atom is 0.238 e. The highest BCUT2D eigenvalue weighted by atomic mass is 127. The quantitative estimate of drug-likeness (QED) is 0.423. The maximum atomic E-state index is 5.45. The number of methoxy groups -OCH3 is 2. The third kappa shape index (κ3) is 3.58. The summed E-state index contributed by atoms with van der Waals surface area (Å²) in [6, 6.07) is 14.8. The molecule has 4 nitrogen and oxygen atoms in total. The first kappa shape index (κ1) is 20.3. The average molecular weight is 464 g/mol. The van der Waals surface area contributed by atoms with Gasteiger partial charge in [0.25, 0.3) is 0 Å². The first-order valence-electron chi connectivity index (χ1n) is 8.32. The van der Waals surface area contributed by atoms with Gasteiger partial charge in [-0.3, -0.25) is 0 Å². The predicted molar refractivity (Wildman–Crippen MR) is 100 cm³/mol. The molecule has 0 unspecified atom stereocenters. The van der Waals surface area contributed by atoms with Crippen molar-refractivity contribution in [2.75, 3.05) is 14.2 Å². The standard InChI is InChI=1S/C21H25N2O2.HI/c1-14-7-8-16(11-15(14)2)18-13-19(23(4)22(18)3)17-9-10-20(24-5)21(12-17)25-6;/h7-13H,1-6H3;1H/q+1;/p-1. The van der Waals surface area contributed by atoms with Gasteiger partial charge in [0.2, 0.25) is 5.69 Å². The van der Waals surface area contributed by atoms with Crippen LogP contribution in [0.1, 0.15) is 11.1 Å². The highest BCUT2D eigenvalue weighted by Crippen LogP contribution is 2.33. The van der Waals surface area contributed by atoms with Crippen molar-refractivity contribution in [3.63, 3.8) is 0 Å². The summed E-state index contributed by atoms with van der Waals surface area (Å²) < 4.78 is 15.1. The van der Waals surface area contributed by atoms with E-state index >= 15 is 0 Å². The number of rotatable bonds is 4. The van der Waals surface area contributed by atoms with Crippen LogP contribution >= 0.6 is 0 Å². The van der Waals surface area contributed by atoms with Gasteiger partial charge in [0.05, 0.1) is 21.3 Å². The number of halogens is 1. The second kappa shape index (κ2) is 8.12. The Labute approximate surface area is 172 Å². The summed E-state index contributed by atoms with van der Waals surface area (Å²) in [6.07, 6.45) is 0. The molecule has 0 bridgehead atoms. The number of hydrogen-bond acceptors (Lipinski definition) is 2. The van der Waals surface area contributed by atoms with E-state index in [1.54, 1.807) is 14.2 Å². The zero-order chi connectivity index (χ0) is 18.1. The molecular weight excluding hydrogens is 439 g/mol. The van der Waals surface area contributed by atoms with Gasteiger partial charge in [0.15, 0.2) is 18.5 Å². The highest BCUT2D eigenvalue weighted by molar-refractivity contribution is 5.69. The first-order chi connectivity index (χ1) is 12.0. The van der Waals surface area contributed by atoms with Crippen molar-refractivity contribution in [3.8, 4) is 34.0 Å². The normalized spacial score (nSPS) is 10.4. The van der Waals surface area contributed by atoms with E-state index in [1.165, 1.54) is 22.4 Å². The third-order valence-corrected chi connectivity index (χ3v) is 4.90. The molecular formula is C21H25IN2O2. The van der Waals surface area contributed by atoms with Gasteiger partial charge in [-0.25, -0.2) is 0 Å². The summed E-state index contributed by atoms with van der Waals surface area (Å²) >= 11 is 0. The van der Waals surface area contributed by atoms with Crippen LogP contribution in [0.3, 0.4) is 0 Å². The van der Waals surface area contributed by atoms with E-state index in [2.05, 4.69) is 67.6 Å². The van der Waals surface area contributed by atoms with E-state index < -0.39 is 0 Å². The van der Waals surface area contributed by atoms with Crippen molar-refractivity contribution in [2.45, 2.75) is 13.8 Å². The second-order valence-electron chi connectivity index (χ2n) is 6.33. The molecule has 0 N–H and O–H groups in total. The lowest BCUT2D eigenvalue weighted by molar-refractivity contribution is -0.740. The zero-order valence-corrected chi connectivity index (χ0v) is 18.3. The lowest BCUT2D eigenvalue weighted by Gasteiger charge is -2.09. The van der Waals surface area contributed by atoms with Crippen LogP contribution in [-0.2, 0) is 14.1 Å². The van der Waals surface area contributed by atoms with Gasteiger partial charge in [0, 0.05) is 17.2 Å². The zero-order valence-electron chi connectivity index (χ0n) is 16.1. The largest absolute Gasteiger partial charge is 1.00 e. The van der Waals surface area contributed by atoms with E-state index in [4.69, 9.17) is 9.47 Å². The molecule has 0 saturated heterocycles. The summed E-state index contributed by atoms with van der Waals surface area (Å²) in [5.41, 5.74) is 7.21. The fraction of sp³-hybridized carbons (Fsp3) is 0.286. The molecule has 0 amide bonds. The molecule has 2 aromatic carbocycles. The van der Waals surface area contributed by atoms with E-state index in [0.717, 1.165) is 22.8 Å². The first-order valence-corrected chi connectivity index (χ1v) is 8.32. The molecule has 0 radical (unpaired) electrons. The number of aryl methyl sites for hydroxylation is 2. The van der Waals surface area contributed by atoms with E-state index in [1.807, 2.05) is 12.1 Å². The van der Waals surface area contributed by atoms with E-state index in [9.17, 15) is 0 Å². The lowest BCUT2D eigenvalue weighted by atomic mass is 10.0. The minimum Gasteiger partial charge on any atom is -1.00 e. The van der Waals surface area contributed by atoms with Gasteiger partial charge in [-0.2, -0.15) is 4.68 Å². The van der Waals surface area contributed by atoms with Crippen molar-refractivity contribution >= 4 is 0 Å². The van der Waals surface area contributed by atoms with Crippen LogP contribution in [0.5, 0.6) is 11.5 Å². The summed E-state index contributed by atoms with van der Waals surface area (Å²) in [5.74, 6) is 1.47. The number of nitrogens with zero attached hydrogens (tertiary/aromatic N) is 2. The Kier molecular flexibility index (Phi) is 6.34. The second-order valence-corrected chi connectivity index (χ2v) is 6.33. The Morgan fingerprint density at radius 2 is 1.46 bits per heavy atom. The van der Waals surface area contributed by atoms with Crippen LogP contribution in [0.15, 0.2) is 42.5 Å². The van der Waals surface area contributed by atoms with Gasteiger partial charge in [-0.15, -0.1) is 4.68 Å². The molecule has 138 valence electrons. The summed E-state index contributed by atoms with van der Waals surface area (Å²) in [4.78, 5) is 0. The molecule has 0 aliphatic rings. The summed E-state index contributed by atoms with van der Waals surface area (Å²) in [5, 5.41) is 0. The molecule has 0 spiro atoms. The molecule has 3 aromatic rings. The SMILES string of the molecule is COc1ccc(-c2cc(-c3ccc(C)c(C)c3)[n+](C)n2C)cc1OC.[I-]. The molecule has 5 heteroatoms. The lowest BCUT2D eigenvalue weighted by Crippen LogP contribution is -3.00. The van der Waals surface area contributed by atoms with Gasteiger partial charge < -0.3 is 33.5 Å². The highest BCUT2D eigenvalue weighted by Gasteiger charge is 2.21. The smallest absolute Gasteiger partial charge is 0.238 e. The average Bonchev–Trinajstić information content (AvgIpc) is 2.92. The minimum absolute atomic E-state index is 0. The molecule has 0 fully saturated rings. The van der Waals surface area contributed by atoms with Crippen LogP contribution in [0.4, 0.5) is 0 Å². The number of benzene rings is 2. The molecule has 1 heterocycles. The Balaban J connectivity index is 0.00000243. The molecule has 26 heavy (non-hydrogen) atoms.